The molecule has 37 heavy (non-hydrogen) atoms. The van der Waals surface area contributed by atoms with Crippen molar-refractivity contribution in [3.63, 3.8) is 0 Å². The molecule has 0 bridgehead atoms. The first-order valence-electron chi connectivity index (χ1n) is 12.1. The van der Waals surface area contributed by atoms with E-state index in [0.29, 0.717) is 17.3 Å². The molecule has 10 heteroatoms. The number of nitrogens with two attached hydrogens (primary N) is 1. The van der Waals surface area contributed by atoms with Gasteiger partial charge in [0.1, 0.15) is 18.7 Å². The van der Waals surface area contributed by atoms with Crippen LogP contribution < -0.4 is 21.0 Å². The van der Waals surface area contributed by atoms with Gasteiger partial charge in [0.15, 0.2) is 11.5 Å². The maximum Gasteiger partial charge on any atom is 0.293 e. The molecule has 0 radical (unpaired) electrons. The van der Waals surface area contributed by atoms with Gasteiger partial charge in [0.05, 0.1) is 16.0 Å². The van der Waals surface area contributed by atoms with Gasteiger partial charge in [-0.1, -0.05) is 17.7 Å². The molecule has 1 saturated heterocycles. The Bertz CT molecular complexity index is 1490. The Kier molecular flexibility index (Phi) is 6.74. The Balaban J connectivity index is 1.52. The van der Waals surface area contributed by atoms with Gasteiger partial charge < -0.3 is 15.5 Å². The van der Waals surface area contributed by atoms with E-state index in [9.17, 15) is 9.18 Å². The number of aromatic nitrogens is 3. The van der Waals surface area contributed by atoms with Crippen LogP contribution in [0.2, 0.25) is 5.02 Å². The van der Waals surface area contributed by atoms with Crippen molar-refractivity contribution in [2.45, 2.75) is 19.9 Å². The number of hydrogen-bond donors (Lipinski definition) is 1. The van der Waals surface area contributed by atoms with E-state index in [-0.39, 0.29) is 27.6 Å². The second-order valence-corrected chi connectivity index (χ2v) is 9.68. The van der Waals surface area contributed by atoms with E-state index in [4.69, 9.17) is 22.2 Å². The van der Waals surface area contributed by atoms with Crippen LogP contribution in [0.1, 0.15) is 13.8 Å². The molecule has 2 N–H and O–H groups in total. The molecule has 5 rings (SSSR count). The second kappa shape index (κ2) is 9.99. The third-order valence-corrected chi connectivity index (χ3v) is 7.12. The van der Waals surface area contributed by atoms with E-state index >= 15 is 0 Å². The van der Waals surface area contributed by atoms with Crippen LogP contribution in [0, 0.1) is 5.82 Å². The van der Waals surface area contributed by atoms with Crippen LogP contribution in [0.4, 0.5) is 15.9 Å². The molecule has 3 heterocycles. The number of nitrogen functional groups attached to an aromatic ring is 1. The van der Waals surface area contributed by atoms with Crippen molar-refractivity contribution in [2.24, 2.45) is 0 Å². The minimum absolute atomic E-state index is 0.00224. The summed E-state index contributed by atoms with van der Waals surface area (Å²) in [5.41, 5.74) is 7.73. The lowest BCUT2D eigenvalue weighted by molar-refractivity contribution is 0.168. The predicted octanol–water partition coefficient (Wildman–Crippen LogP) is 4.09. The molecule has 4 aromatic rings. The molecule has 0 aliphatic carbocycles. The highest BCUT2D eigenvalue weighted by Crippen LogP contribution is 2.32. The summed E-state index contributed by atoms with van der Waals surface area (Å²) in [5, 5.41) is 0.445. The summed E-state index contributed by atoms with van der Waals surface area (Å²) in [7, 11) is 1.33. The molecule has 2 aromatic heterocycles. The lowest BCUT2D eigenvalue weighted by atomic mass is 10.1. The molecule has 1 aliphatic heterocycles. The minimum Gasteiger partial charge on any atom is -0.412 e. The molecule has 0 spiro atoms. The van der Waals surface area contributed by atoms with Crippen molar-refractivity contribution >= 4 is 34.1 Å². The van der Waals surface area contributed by atoms with Gasteiger partial charge in [-0.15, -0.1) is 4.73 Å². The maximum atomic E-state index is 14.6. The summed E-state index contributed by atoms with van der Waals surface area (Å²) in [6.45, 7) is 8.42. The number of pyridine rings is 1. The van der Waals surface area contributed by atoms with Gasteiger partial charge in [-0.25, -0.2) is 14.4 Å². The van der Waals surface area contributed by atoms with Crippen molar-refractivity contribution in [1.29, 1.82) is 0 Å². The van der Waals surface area contributed by atoms with Crippen LogP contribution >= 0.6 is 11.6 Å². The summed E-state index contributed by atoms with van der Waals surface area (Å²) in [4.78, 5) is 32.5. The van der Waals surface area contributed by atoms with E-state index in [0.717, 1.165) is 42.2 Å². The molecule has 1 aliphatic rings. The van der Waals surface area contributed by atoms with Gasteiger partial charge >= 0.3 is 0 Å². The monoisotopic (exact) mass is 522 g/mol. The van der Waals surface area contributed by atoms with Crippen LogP contribution in [0.5, 0.6) is 0 Å². The van der Waals surface area contributed by atoms with Gasteiger partial charge in [-0.3, -0.25) is 9.69 Å². The van der Waals surface area contributed by atoms with E-state index in [1.165, 1.54) is 31.4 Å². The number of fused-ring (bicyclic) bond motifs is 1. The number of benzene rings is 2. The number of rotatable bonds is 5. The highest BCUT2D eigenvalue weighted by atomic mass is 35.5. The summed E-state index contributed by atoms with van der Waals surface area (Å²) in [5.74, 6) is -0.148. The number of piperazine rings is 1. The number of nitrogens with zero attached hydrogens (tertiary/aromatic N) is 5. The largest absolute Gasteiger partial charge is 0.412 e. The summed E-state index contributed by atoms with van der Waals surface area (Å²) in [6, 6.07) is 14.2. The Morgan fingerprint density at radius 3 is 2.38 bits per heavy atom. The zero-order valence-corrected chi connectivity index (χ0v) is 21.7. The van der Waals surface area contributed by atoms with Crippen molar-refractivity contribution in [1.82, 2.24) is 19.6 Å². The van der Waals surface area contributed by atoms with E-state index in [1.54, 1.807) is 0 Å². The smallest absolute Gasteiger partial charge is 0.293 e. The molecule has 0 unspecified atom stereocenters. The fourth-order valence-corrected chi connectivity index (χ4v) is 4.99. The standard InChI is InChI=1S/C27H28ClFN6O2/c1-16(2)33-11-13-34(14-12-33)18-9-7-17(8-10-18)25-31-24(30)20-15-19(23-21(28)5-4-6-22(23)29)27(36)35(37-3)26(20)32-25/h4-10,15-16H,11-14H2,1-3H3,(H2,30,31,32). The molecular weight excluding hydrogens is 495 g/mol. The Morgan fingerprint density at radius 2 is 1.76 bits per heavy atom. The highest BCUT2D eigenvalue weighted by molar-refractivity contribution is 6.33. The number of hydrogen-bond acceptors (Lipinski definition) is 7. The fourth-order valence-electron chi connectivity index (χ4n) is 4.73. The van der Waals surface area contributed by atoms with E-state index in [1.807, 2.05) is 24.3 Å². The van der Waals surface area contributed by atoms with Crippen molar-refractivity contribution in [3.8, 4) is 22.5 Å². The van der Waals surface area contributed by atoms with Crippen LogP contribution in [0.25, 0.3) is 33.5 Å². The van der Waals surface area contributed by atoms with Crippen LogP contribution in [-0.2, 0) is 0 Å². The van der Waals surface area contributed by atoms with Crippen molar-refractivity contribution in [2.75, 3.05) is 43.9 Å². The molecular formula is C27H28ClFN6O2. The van der Waals surface area contributed by atoms with Crippen LogP contribution in [0.15, 0.2) is 53.3 Å². The first-order chi connectivity index (χ1) is 17.8. The van der Waals surface area contributed by atoms with Gasteiger partial charge in [0, 0.05) is 49.0 Å². The zero-order valence-electron chi connectivity index (χ0n) is 20.9. The molecule has 2 aromatic carbocycles. The molecule has 1 fully saturated rings. The highest BCUT2D eigenvalue weighted by Gasteiger charge is 2.22. The maximum absolute atomic E-state index is 14.6. The lowest BCUT2D eigenvalue weighted by Crippen LogP contribution is -2.48. The average molecular weight is 523 g/mol. The lowest BCUT2D eigenvalue weighted by Gasteiger charge is -2.38. The summed E-state index contributed by atoms with van der Waals surface area (Å²) >= 11 is 6.22. The normalized spacial score (nSPS) is 14.5. The number of anilines is 2. The van der Waals surface area contributed by atoms with E-state index in [2.05, 4.69) is 33.6 Å². The fraction of sp³-hybridized carbons (Fsp3) is 0.296. The SMILES string of the molecule is COn1c(=O)c(-c2c(F)cccc2Cl)cc2c(N)nc(-c3ccc(N4CCN(C(C)C)CC4)cc3)nc21. The second-order valence-electron chi connectivity index (χ2n) is 9.27. The Morgan fingerprint density at radius 1 is 1.05 bits per heavy atom. The molecule has 8 nitrogen and oxygen atoms in total. The van der Waals surface area contributed by atoms with Crippen molar-refractivity contribution < 1.29 is 9.23 Å². The molecule has 0 saturated carbocycles. The van der Waals surface area contributed by atoms with Gasteiger partial charge in [0.2, 0.25) is 0 Å². The Hall–Kier alpha value is -3.69. The van der Waals surface area contributed by atoms with Gasteiger partial charge in [0.25, 0.3) is 5.56 Å². The van der Waals surface area contributed by atoms with Gasteiger partial charge in [-0.2, -0.15) is 0 Å². The predicted molar refractivity (Wildman–Crippen MR) is 145 cm³/mol. The summed E-state index contributed by atoms with van der Waals surface area (Å²) < 4.78 is 15.6. The van der Waals surface area contributed by atoms with Crippen LogP contribution in [0.3, 0.4) is 0 Å². The first-order valence-corrected chi connectivity index (χ1v) is 12.5. The van der Waals surface area contributed by atoms with E-state index < -0.39 is 11.4 Å². The average Bonchev–Trinajstić information content (AvgIpc) is 2.89. The minimum atomic E-state index is -0.631. The number of halogens is 2. The zero-order chi connectivity index (χ0) is 26.3. The topological polar surface area (TPSA) is 89.5 Å². The molecule has 0 amide bonds. The Labute approximate surface area is 219 Å². The van der Waals surface area contributed by atoms with Crippen molar-refractivity contribution in [3.05, 3.63) is 69.7 Å². The quantitative estimate of drug-likeness (QED) is 0.422. The molecule has 192 valence electrons. The first kappa shape index (κ1) is 25.0. The molecule has 0 atom stereocenters. The van der Waals surface area contributed by atoms with Crippen LogP contribution in [-0.4, -0.2) is 58.9 Å². The van der Waals surface area contributed by atoms with Gasteiger partial charge in [-0.05, 0) is 56.3 Å². The third-order valence-electron chi connectivity index (χ3n) is 6.80. The summed E-state index contributed by atoms with van der Waals surface area (Å²) in [6.07, 6.45) is 0. The third kappa shape index (κ3) is 4.60.